The number of hydrogen-bond donors (Lipinski definition) is 1. The number of nitrogens with zero attached hydrogens (tertiary/aromatic N) is 3. The highest BCUT2D eigenvalue weighted by Crippen LogP contribution is 2.25. The normalized spacial score (nSPS) is 20.6. The Bertz CT molecular complexity index is 696. The fourth-order valence-electron chi connectivity index (χ4n) is 3.58. The Morgan fingerprint density at radius 3 is 2.85 bits per heavy atom. The van der Waals surface area contributed by atoms with Crippen molar-refractivity contribution < 1.29 is 24.2 Å². The number of amides is 2. The molecule has 27 heavy (non-hydrogen) atoms. The standard InChI is InChI=1S/C19H27N3O5/c1-20-5-6-22(18(24)13-26-2)16(11-20)19(25)21-7-8-27-17-4-3-14(12-23)9-15(17)10-21/h3-4,9,16,23H,5-8,10-13H2,1-2H3/t16-/m1/s1. The van der Waals surface area contributed by atoms with Crippen LogP contribution in [0.3, 0.4) is 0 Å². The van der Waals surface area contributed by atoms with E-state index in [1.165, 1.54) is 7.11 Å². The number of aliphatic hydroxyl groups excluding tert-OH is 1. The largest absolute Gasteiger partial charge is 0.491 e. The molecule has 148 valence electrons. The lowest BCUT2D eigenvalue weighted by Crippen LogP contribution is -2.61. The average molecular weight is 377 g/mol. The van der Waals surface area contributed by atoms with Gasteiger partial charge in [-0.1, -0.05) is 6.07 Å². The monoisotopic (exact) mass is 377 g/mol. The Labute approximate surface area is 159 Å². The fourth-order valence-corrected chi connectivity index (χ4v) is 3.58. The summed E-state index contributed by atoms with van der Waals surface area (Å²) >= 11 is 0. The third-order valence-corrected chi connectivity index (χ3v) is 5.06. The van der Waals surface area contributed by atoms with E-state index in [1.807, 2.05) is 25.2 Å². The van der Waals surface area contributed by atoms with Gasteiger partial charge in [-0.3, -0.25) is 9.59 Å². The van der Waals surface area contributed by atoms with Crippen molar-refractivity contribution in [3.05, 3.63) is 29.3 Å². The molecule has 0 spiro atoms. The van der Waals surface area contributed by atoms with Crippen LogP contribution in [0.4, 0.5) is 0 Å². The summed E-state index contributed by atoms with van der Waals surface area (Å²) in [5.41, 5.74) is 1.65. The summed E-state index contributed by atoms with van der Waals surface area (Å²) in [7, 11) is 3.43. The average Bonchev–Trinajstić information content (AvgIpc) is 2.89. The molecule has 1 aromatic carbocycles. The molecule has 0 radical (unpaired) electrons. The highest BCUT2D eigenvalue weighted by atomic mass is 16.5. The number of rotatable bonds is 4. The maximum atomic E-state index is 13.3. The zero-order chi connectivity index (χ0) is 19.4. The number of ether oxygens (including phenoxy) is 2. The summed E-state index contributed by atoms with van der Waals surface area (Å²) in [6.45, 7) is 2.88. The van der Waals surface area contributed by atoms with E-state index >= 15 is 0 Å². The van der Waals surface area contributed by atoms with Gasteiger partial charge < -0.3 is 29.3 Å². The van der Waals surface area contributed by atoms with Gasteiger partial charge >= 0.3 is 0 Å². The first-order valence-electron chi connectivity index (χ1n) is 9.14. The van der Waals surface area contributed by atoms with E-state index in [9.17, 15) is 14.7 Å². The molecule has 0 aliphatic carbocycles. The molecular formula is C19H27N3O5. The summed E-state index contributed by atoms with van der Waals surface area (Å²) in [5, 5.41) is 9.38. The molecule has 1 fully saturated rings. The van der Waals surface area contributed by atoms with Crippen molar-refractivity contribution in [1.82, 2.24) is 14.7 Å². The Balaban J connectivity index is 1.80. The molecule has 1 saturated heterocycles. The van der Waals surface area contributed by atoms with Crippen molar-refractivity contribution >= 4 is 11.8 Å². The fraction of sp³-hybridized carbons (Fsp3) is 0.579. The van der Waals surface area contributed by atoms with Crippen LogP contribution in [0.15, 0.2) is 18.2 Å². The summed E-state index contributed by atoms with van der Waals surface area (Å²) < 4.78 is 10.7. The SMILES string of the molecule is COCC(=O)N1CCN(C)C[C@@H]1C(=O)N1CCOc2ccc(CO)cc2C1. The minimum Gasteiger partial charge on any atom is -0.491 e. The molecule has 0 unspecified atom stereocenters. The second kappa shape index (κ2) is 8.69. The van der Waals surface area contributed by atoms with Crippen molar-refractivity contribution in [1.29, 1.82) is 0 Å². The van der Waals surface area contributed by atoms with Crippen molar-refractivity contribution in [3.8, 4) is 5.75 Å². The highest BCUT2D eigenvalue weighted by molar-refractivity contribution is 5.88. The van der Waals surface area contributed by atoms with Crippen LogP contribution < -0.4 is 4.74 Å². The predicted octanol–water partition coefficient (Wildman–Crippen LogP) is -0.311. The molecule has 8 heteroatoms. The maximum absolute atomic E-state index is 13.3. The van der Waals surface area contributed by atoms with Gasteiger partial charge in [-0.05, 0) is 24.7 Å². The number of aliphatic hydroxyl groups is 1. The molecule has 1 N–H and O–H groups in total. The van der Waals surface area contributed by atoms with Gasteiger partial charge in [0.15, 0.2) is 0 Å². The molecule has 0 aromatic heterocycles. The van der Waals surface area contributed by atoms with Crippen molar-refractivity contribution in [2.75, 3.05) is 53.6 Å². The molecule has 1 aromatic rings. The molecule has 8 nitrogen and oxygen atoms in total. The number of benzene rings is 1. The maximum Gasteiger partial charge on any atom is 0.249 e. The van der Waals surface area contributed by atoms with Gasteiger partial charge in [-0.15, -0.1) is 0 Å². The van der Waals surface area contributed by atoms with Gasteiger partial charge in [0.05, 0.1) is 13.2 Å². The van der Waals surface area contributed by atoms with Crippen LogP contribution in [0.2, 0.25) is 0 Å². The third-order valence-electron chi connectivity index (χ3n) is 5.06. The van der Waals surface area contributed by atoms with Crippen molar-refractivity contribution in [3.63, 3.8) is 0 Å². The van der Waals surface area contributed by atoms with Gasteiger partial charge in [-0.25, -0.2) is 0 Å². The first kappa shape index (κ1) is 19.6. The van der Waals surface area contributed by atoms with Crippen LogP contribution in [-0.4, -0.2) is 91.2 Å². The lowest BCUT2D eigenvalue weighted by atomic mass is 10.1. The molecule has 1 atom stereocenters. The number of carbonyl (C=O) groups excluding carboxylic acids is 2. The number of piperazine rings is 1. The third kappa shape index (κ3) is 4.40. The van der Waals surface area contributed by atoms with Crippen LogP contribution in [0.5, 0.6) is 5.75 Å². The Morgan fingerprint density at radius 2 is 2.11 bits per heavy atom. The zero-order valence-electron chi connectivity index (χ0n) is 15.9. The molecule has 0 saturated carbocycles. The lowest BCUT2D eigenvalue weighted by Gasteiger charge is -2.40. The van der Waals surface area contributed by atoms with E-state index in [1.54, 1.807) is 9.80 Å². The van der Waals surface area contributed by atoms with Crippen LogP contribution >= 0.6 is 0 Å². The second-order valence-electron chi connectivity index (χ2n) is 7.01. The van der Waals surface area contributed by atoms with E-state index in [0.717, 1.165) is 23.4 Å². The van der Waals surface area contributed by atoms with Crippen LogP contribution in [0.25, 0.3) is 0 Å². The zero-order valence-corrected chi connectivity index (χ0v) is 15.9. The van der Waals surface area contributed by atoms with Gasteiger partial charge in [0, 0.05) is 38.9 Å². The smallest absolute Gasteiger partial charge is 0.249 e. The Kier molecular flexibility index (Phi) is 6.30. The second-order valence-corrected chi connectivity index (χ2v) is 7.01. The molecule has 2 amide bonds. The minimum absolute atomic E-state index is 0.0285. The molecular weight excluding hydrogens is 350 g/mol. The van der Waals surface area contributed by atoms with Crippen molar-refractivity contribution in [2.45, 2.75) is 19.2 Å². The number of hydrogen-bond acceptors (Lipinski definition) is 6. The van der Waals surface area contributed by atoms with E-state index in [4.69, 9.17) is 9.47 Å². The summed E-state index contributed by atoms with van der Waals surface area (Å²) in [6, 6.07) is 4.98. The van der Waals surface area contributed by atoms with Gasteiger partial charge in [-0.2, -0.15) is 0 Å². The minimum atomic E-state index is -0.533. The summed E-state index contributed by atoms with van der Waals surface area (Å²) in [5.74, 6) is 0.477. The van der Waals surface area contributed by atoms with Crippen LogP contribution in [-0.2, 0) is 27.5 Å². The number of fused-ring (bicyclic) bond motifs is 1. The first-order valence-corrected chi connectivity index (χ1v) is 9.14. The quantitative estimate of drug-likeness (QED) is 0.775. The number of carbonyl (C=O) groups is 2. The van der Waals surface area contributed by atoms with E-state index in [0.29, 0.717) is 32.8 Å². The van der Waals surface area contributed by atoms with Crippen molar-refractivity contribution in [2.24, 2.45) is 0 Å². The summed E-state index contributed by atoms with van der Waals surface area (Å²) in [4.78, 5) is 31.1. The molecule has 3 rings (SSSR count). The molecule has 2 aliphatic rings. The van der Waals surface area contributed by atoms with E-state index in [-0.39, 0.29) is 25.0 Å². The Morgan fingerprint density at radius 1 is 1.30 bits per heavy atom. The van der Waals surface area contributed by atoms with E-state index in [2.05, 4.69) is 4.90 Å². The molecule has 0 bridgehead atoms. The topological polar surface area (TPSA) is 82.6 Å². The van der Waals surface area contributed by atoms with E-state index < -0.39 is 6.04 Å². The summed E-state index contributed by atoms with van der Waals surface area (Å²) in [6.07, 6.45) is 0. The number of likely N-dealkylation sites (N-methyl/N-ethyl adjacent to an activating group) is 1. The first-order chi connectivity index (χ1) is 13.0. The van der Waals surface area contributed by atoms with Gasteiger partial charge in [0.25, 0.3) is 0 Å². The van der Waals surface area contributed by atoms with Crippen LogP contribution in [0.1, 0.15) is 11.1 Å². The lowest BCUT2D eigenvalue weighted by molar-refractivity contribution is -0.151. The molecule has 2 heterocycles. The van der Waals surface area contributed by atoms with Gasteiger partial charge in [0.1, 0.15) is 25.0 Å². The predicted molar refractivity (Wildman–Crippen MR) is 98.2 cm³/mol. The number of methoxy groups -OCH3 is 1. The van der Waals surface area contributed by atoms with Crippen LogP contribution in [0, 0.1) is 0 Å². The molecule has 2 aliphatic heterocycles. The highest BCUT2D eigenvalue weighted by Gasteiger charge is 2.37. The Hall–Kier alpha value is -2.16. The van der Waals surface area contributed by atoms with Gasteiger partial charge in [0.2, 0.25) is 11.8 Å².